The molecule has 70 heavy (non-hydrogen) atoms. The molecule has 0 aliphatic carbocycles. The first-order chi connectivity index (χ1) is 33.4. The molecule has 2 aliphatic heterocycles. The van der Waals surface area contributed by atoms with E-state index in [2.05, 4.69) is 69.2 Å². The molecule has 0 unspecified atom stereocenters. The molecule has 0 aromatic carbocycles. The van der Waals surface area contributed by atoms with E-state index in [0.717, 1.165) is 90.1 Å². The fourth-order valence-electron chi connectivity index (χ4n) is 9.24. The van der Waals surface area contributed by atoms with Crippen LogP contribution in [0.3, 0.4) is 0 Å². The van der Waals surface area contributed by atoms with Crippen LogP contribution in [-0.2, 0) is 35.3 Å². The predicted octanol–water partition coefficient (Wildman–Crippen LogP) is 6.56. The number of piperidine rings is 2. The molecule has 0 atom stereocenters. The molecule has 8 aromatic rings. The van der Waals surface area contributed by atoms with Crippen molar-refractivity contribution in [2.45, 2.75) is 113 Å². The van der Waals surface area contributed by atoms with Crippen LogP contribution >= 0.6 is 0 Å². The summed E-state index contributed by atoms with van der Waals surface area (Å²) < 4.78 is 6.94. The van der Waals surface area contributed by atoms with Gasteiger partial charge >= 0.3 is 5.97 Å². The highest BCUT2D eigenvalue weighted by Gasteiger charge is 2.24. The Morgan fingerprint density at radius 1 is 0.600 bits per heavy atom. The Balaban J connectivity index is 0.000000171. The van der Waals surface area contributed by atoms with Gasteiger partial charge in [-0.2, -0.15) is 19.2 Å². The lowest BCUT2D eigenvalue weighted by Crippen LogP contribution is -2.39. The van der Waals surface area contributed by atoms with Crippen molar-refractivity contribution in [1.29, 1.82) is 0 Å². The van der Waals surface area contributed by atoms with E-state index in [-0.39, 0.29) is 19.8 Å². The largest absolute Gasteiger partial charge is 0.481 e. The number of fused-ring (bicyclic) bond motifs is 2. The molecule has 1 amide bonds. The van der Waals surface area contributed by atoms with Crippen molar-refractivity contribution in [2.24, 2.45) is 11.8 Å². The number of carbonyl (C=O) groups is 2. The van der Waals surface area contributed by atoms with Gasteiger partial charge < -0.3 is 15.3 Å². The number of pyridine rings is 2. The first kappa shape index (κ1) is 50.6. The molecular formula is C51H66N16O3. The van der Waals surface area contributed by atoms with Gasteiger partial charge in [-0.3, -0.25) is 19.6 Å². The summed E-state index contributed by atoms with van der Waals surface area (Å²) >= 11 is 0. The fraction of sp³-hybridized carbons (Fsp3) is 0.451. The lowest BCUT2D eigenvalue weighted by Gasteiger charge is -2.32. The molecule has 2 fully saturated rings. The maximum absolute atomic E-state index is 12.9. The molecular weight excluding hydrogens is 885 g/mol. The van der Waals surface area contributed by atoms with Crippen LogP contribution < -0.4 is 5.32 Å². The lowest BCUT2D eigenvalue weighted by molar-refractivity contribution is -0.137. The van der Waals surface area contributed by atoms with Gasteiger partial charge in [0.05, 0.1) is 11.4 Å². The van der Waals surface area contributed by atoms with Crippen molar-refractivity contribution in [3.05, 3.63) is 130 Å². The Hall–Kier alpha value is -7.28. The van der Waals surface area contributed by atoms with Gasteiger partial charge in [-0.1, -0.05) is 19.6 Å². The molecule has 2 aliphatic rings. The minimum Gasteiger partial charge on any atom is -0.481 e. The highest BCUT2D eigenvalue weighted by Crippen LogP contribution is 2.24. The van der Waals surface area contributed by atoms with Gasteiger partial charge in [-0.15, -0.1) is 30.6 Å². The van der Waals surface area contributed by atoms with Crippen molar-refractivity contribution in [3.63, 3.8) is 0 Å². The Bertz CT molecular complexity index is 2980. The number of amides is 1. The Labute approximate surface area is 408 Å². The van der Waals surface area contributed by atoms with Crippen molar-refractivity contribution < 1.29 is 14.7 Å². The molecule has 2 N–H and O–H groups in total. The second-order valence-electron chi connectivity index (χ2n) is 18.0. The average molecular weight is 951 g/mol. The molecule has 0 radical (unpaired) electrons. The normalized spacial score (nSPS) is 14.2. The highest BCUT2D eigenvalue weighted by atomic mass is 16.4. The molecule has 0 spiro atoms. The number of carboxylic acid groups (broad SMARTS) is 1. The van der Waals surface area contributed by atoms with E-state index in [1.807, 2.05) is 106 Å². The van der Waals surface area contributed by atoms with Crippen LogP contribution in [-0.4, -0.2) is 117 Å². The Morgan fingerprint density at radius 2 is 1.07 bits per heavy atom. The average Bonchev–Trinajstić information content (AvgIpc) is 4.10. The highest BCUT2D eigenvalue weighted by molar-refractivity contribution is 5.76. The fourth-order valence-corrected chi connectivity index (χ4v) is 9.24. The zero-order valence-electron chi connectivity index (χ0n) is 40.5. The SMILES string of the molecule is C.Cc1nn(-c2ccc3nnc(C)n3n2)c(C)c1CCC(=O)N1CCC(Cc2ccccn2)CC1.Cc1nn(-c2ccc3nnc(C)n3n2)c(C)c1CCC(=O)O.c1ccc(CC2CCNCC2)nc1. The van der Waals surface area contributed by atoms with Gasteiger partial charge in [0.25, 0.3) is 0 Å². The summed E-state index contributed by atoms with van der Waals surface area (Å²) in [5, 5.41) is 46.7. The summed E-state index contributed by atoms with van der Waals surface area (Å²) in [6, 6.07) is 19.7. The van der Waals surface area contributed by atoms with Gasteiger partial charge in [-0.25, -0.2) is 9.36 Å². The molecule has 10 rings (SSSR count). The van der Waals surface area contributed by atoms with Gasteiger partial charge in [0.2, 0.25) is 5.91 Å². The quantitative estimate of drug-likeness (QED) is 0.133. The van der Waals surface area contributed by atoms with Crippen LogP contribution in [0.15, 0.2) is 73.1 Å². The summed E-state index contributed by atoms with van der Waals surface area (Å²) in [4.78, 5) is 34.5. The van der Waals surface area contributed by atoms with Crippen LogP contribution in [0.1, 0.15) is 103 Å². The van der Waals surface area contributed by atoms with E-state index in [9.17, 15) is 9.59 Å². The van der Waals surface area contributed by atoms with Crippen molar-refractivity contribution in [1.82, 2.24) is 79.4 Å². The number of aryl methyl sites for hydroxylation is 4. The smallest absolute Gasteiger partial charge is 0.303 e. The maximum atomic E-state index is 12.9. The minimum atomic E-state index is -0.814. The van der Waals surface area contributed by atoms with Crippen LogP contribution in [0.5, 0.6) is 0 Å². The number of carbonyl (C=O) groups excluding carboxylic acids is 1. The zero-order valence-corrected chi connectivity index (χ0v) is 40.5. The number of rotatable bonds is 12. The summed E-state index contributed by atoms with van der Waals surface area (Å²) in [6.07, 6.45) is 12.3. The zero-order chi connectivity index (χ0) is 48.4. The number of nitrogens with zero attached hydrogens (tertiary/aromatic N) is 15. The topological polar surface area (TPSA) is 217 Å². The molecule has 19 nitrogen and oxygen atoms in total. The molecule has 368 valence electrons. The predicted molar refractivity (Wildman–Crippen MR) is 266 cm³/mol. The van der Waals surface area contributed by atoms with E-state index < -0.39 is 5.97 Å². The van der Waals surface area contributed by atoms with E-state index >= 15 is 0 Å². The molecule has 8 aromatic heterocycles. The summed E-state index contributed by atoms with van der Waals surface area (Å²) in [6.45, 7) is 15.5. The first-order valence-corrected chi connectivity index (χ1v) is 23.9. The number of carboxylic acids is 1. The van der Waals surface area contributed by atoms with Crippen LogP contribution in [0.4, 0.5) is 0 Å². The Morgan fingerprint density at radius 3 is 1.53 bits per heavy atom. The summed E-state index contributed by atoms with van der Waals surface area (Å²) in [5.41, 5.74) is 9.49. The third kappa shape index (κ3) is 12.3. The first-order valence-electron chi connectivity index (χ1n) is 23.9. The van der Waals surface area contributed by atoms with Crippen LogP contribution in [0.2, 0.25) is 0 Å². The summed E-state index contributed by atoms with van der Waals surface area (Å²) in [5.74, 6) is 3.64. The molecule has 0 saturated carbocycles. The van der Waals surface area contributed by atoms with Crippen molar-refractivity contribution in [3.8, 4) is 11.6 Å². The van der Waals surface area contributed by atoms with E-state index in [1.165, 1.54) is 31.6 Å². The van der Waals surface area contributed by atoms with Crippen LogP contribution in [0, 0.1) is 53.4 Å². The number of likely N-dealkylation sites (tertiary alicyclic amines) is 1. The number of aliphatic carboxylic acids is 1. The third-order valence-corrected chi connectivity index (χ3v) is 13.2. The van der Waals surface area contributed by atoms with Gasteiger partial charge in [0.15, 0.2) is 34.6 Å². The minimum absolute atomic E-state index is 0. The molecule has 10 heterocycles. The summed E-state index contributed by atoms with van der Waals surface area (Å²) in [7, 11) is 0. The molecule has 2 saturated heterocycles. The number of hydrogen-bond donors (Lipinski definition) is 2. The van der Waals surface area contributed by atoms with Gasteiger partial charge in [0.1, 0.15) is 0 Å². The second kappa shape index (κ2) is 23.3. The third-order valence-electron chi connectivity index (χ3n) is 13.2. The lowest BCUT2D eigenvalue weighted by atomic mass is 9.91. The number of aromatic nitrogens is 14. The standard InChI is InChI=1S/C25H30N8O.C14H16N6O2.C11H16N2.CH4/c1-17-22(18(2)32(29-17)24-9-8-23-28-27-19(3)33(23)30-24)7-10-25(34)31-14-11-20(12-15-31)16-21-6-4-5-13-26-21;1-8-11(4-7-14(21)22)9(2)19(17-8)13-6-5-12-16-15-10(3)20(12)18-13;1-2-6-13-11(3-1)9-10-4-7-12-8-5-10;/h4-6,8-9,13,20H,7,10-12,14-16H2,1-3H3;5-6H,4,7H2,1-3H3,(H,21,22);1-3,6,10,12H,4-5,7-9H2;1H4. The van der Waals surface area contributed by atoms with Crippen molar-refractivity contribution >= 4 is 23.2 Å². The van der Waals surface area contributed by atoms with Gasteiger partial charge in [-0.05, 0) is 177 Å². The second-order valence-corrected chi connectivity index (χ2v) is 18.0. The molecule has 19 heteroatoms. The van der Waals surface area contributed by atoms with E-state index in [4.69, 9.17) is 10.2 Å². The van der Waals surface area contributed by atoms with E-state index in [1.54, 1.807) is 13.7 Å². The Kier molecular flexibility index (Phi) is 16.9. The van der Waals surface area contributed by atoms with Crippen LogP contribution in [0.25, 0.3) is 22.9 Å². The number of hydrogen-bond acceptors (Lipinski definition) is 13. The van der Waals surface area contributed by atoms with E-state index in [0.29, 0.717) is 53.9 Å². The maximum Gasteiger partial charge on any atom is 0.303 e. The molecule has 0 bridgehead atoms. The monoisotopic (exact) mass is 951 g/mol. The van der Waals surface area contributed by atoms with Gasteiger partial charge in [0, 0.05) is 61.1 Å². The van der Waals surface area contributed by atoms with Crippen molar-refractivity contribution in [2.75, 3.05) is 26.2 Å². The number of nitrogens with one attached hydrogen (secondary N) is 1.